The summed E-state index contributed by atoms with van der Waals surface area (Å²) in [5.41, 5.74) is 3.62. The van der Waals surface area contributed by atoms with Gasteiger partial charge < -0.3 is 4.90 Å². The molecular formula is C21H12FN3. The Balaban J connectivity index is 1.99. The highest BCUT2D eigenvalue weighted by Crippen LogP contribution is 2.42. The molecule has 2 aromatic carbocycles. The van der Waals surface area contributed by atoms with E-state index in [0.717, 1.165) is 16.8 Å². The second-order valence-electron chi connectivity index (χ2n) is 5.82. The van der Waals surface area contributed by atoms with Gasteiger partial charge in [0.05, 0.1) is 22.9 Å². The molecule has 0 aromatic heterocycles. The molecule has 4 heteroatoms. The van der Waals surface area contributed by atoms with Gasteiger partial charge in [0.1, 0.15) is 18.0 Å². The van der Waals surface area contributed by atoms with Gasteiger partial charge in [0.25, 0.3) is 0 Å². The van der Waals surface area contributed by atoms with Crippen LogP contribution in [0.1, 0.15) is 16.7 Å². The molecule has 1 aliphatic carbocycles. The summed E-state index contributed by atoms with van der Waals surface area (Å²) in [6.45, 7) is 0. The van der Waals surface area contributed by atoms with E-state index in [9.17, 15) is 9.65 Å². The molecule has 0 saturated carbocycles. The number of allylic oxidation sites excluding steroid dienone is 4. The van der Waals surface area contributed by atoms with Crippen molar-refractivity contribution in [2.45, 2.75) is 6.04 Å². The lowest BCUT2D eigenvalue weighted by atomic mass is 9.94. The maximum atomic E-state index is 14.3. The van der Waals surface area contributed by atoms with Crippen LogP contribution in [0.3, 0.4) is 0 Å². The molecule has 0 fully saturated rings. The summed E-state index contributed by atoms with van der Waals surface area (Å²) in [5, 5.41) is 18.6. The first-order chi connectivity index (χ1) is 12.2. The zero-order chi connectivity index (χ0) is 17.4. The Bertz CT molecular complexity index is 1050. The lowest BCUT2D eigenvalue weighted by Gasteiger charge is -2.36. The van der Waals surface area contributed by atoms with Gasteiger partial charge in [-0.05, 0) is 23.8 Å². The Kier molecular flexibility index (Phi) is 3.45. The van der Waals surface area contributed by atoms with Crippen LogP contribution in [0.4, 0.5) is 15.8 Å². The van der Waals surface area contributed by atoms with E-state index in [4.69, 9.17) is 5.26 Å². The molecule has 0 radical (unpaired) electrons. The van der Waals surface area contributed by atoms with Gasteiger partial charge in [0.2, 0.25) is 0 Å². The van der Waals surface area contributed by atoms with Gasteiger partial charge in [-0.15, -0.1) is 0 Å². The van der Waals surface area contributed by atoms with Crippen molar-refractivity contribution >= 4 is 16.9 Å². The van der Waals surface area contributed by atoms with E-state index in [2.05, 4.69) is 12.1 Å². The van der Waals surface area contributed by atoms with E-state index in [-0.39, 0.29) is 17.2 Å². The van der Waals surface area contributed by atoms with E-state index in [1.165, 1.54) is 12.1 Å². The topological polar surface area (TPSA) is 50.8 Å². The van der Waals surface area contributed by atoms with Crippen LogP contribution in [0.15, 0.2) is 66.8 Å². The normalized spacial score (nSPS) is 17.2. The van der Waals surface area contributed by atoms with Gasteiger partial charge in [-0.3, -0.25) is 0 Å². The monoisotopic (exact) mass is 325 g/mol. The van der Waals surface area contributed by atoms with Crippen LogP contribution in [0.2, 0.25) is 0 Å². The molecule has 1 aliphatic heterocycles. The number of nitrogens with zero attached hydrogens (tertiary/aromatic N) is 3. The second kappa shape index (κ2) is 5.78. The number of nitriles is 2. The highest BCUT2D eigenvalue weighted by molar-refractivity contribution is 5.91. The molecule has 1 atom stereocenters. The number of fused-ring (bicyclic) bond motifs is 3. The molecule has 1 unspecified atom stereocenters. The minimum atomic E-state index is -0.625. The van der Waals surface area contributed by atoms with Crippen LogP contribution in [0, 0.1) is 28.5 Å². The first kappa shape index (κ1) is 14.9. The molecule has 118 valence electrons. The van der Waals surface area contributed by atoms with E-state index >= 15 is 0 Å². The summed E-state index contributed by atoms with van der Waals surface area (Å²) in [6.07, 6.45) is 10.0. The van der Waals surface area contributed by atoms with Gasteiger partial charge in [0.15, 0.2) is 0 Å². The van der Waals surface area contributed by atoms with Gasteiger partial charge in [0, 0.05) is 17.3 Å². The molecule has 2 bridgehead atoms. The van der Waals surface area contributed by atoms with Crippen LogP contribution in [0.25, 0.3) is 5.57 Å². The molecule has 4 rings (SSSR count). The summed E-state index contributed by atoms with van der Waals surface area (Å²) >= 11 is 0. The largest absolute Gasteiger partial charge is 0.329 e. The molecule has 0 amide bonds. The molecule has 1 heterocycles. The van der Waals surface area contributed by atoms with Crippen molar-refractivity contribution in [1.29, 1.82) is 10.5 Å². The van der Waals surface area contributed by atoms with Crippen molar-refractivity contribution in [3.8, 4) is 12.1 Å². The molecular weight excluding hydrogens is 313 g/mol. The second-order valence-corrected chi connectivity index (χ2v) is 5.82. The molecule has 2 aliphatic rings. The van der Waals surface area contributed by atoms with Gasteiger partial charge in [-0.25, -0.2) is 4.39 Å². The van der Waals surface area contributed by atoms with Crippen LogP contribution in [-0.2, 0) is 0 Å². The summed E-state index contributed by atoms with van der Waals surface area (Å²) in [7, 11) is 0. The van der Waals surface area contributed by atoms with Crippen molar-refractivity contribution in [1.82, 2.24) is 0 Å². The Labute approximate surface area is 144 Å². The van der Waals surface area contributed by atoms with Crippen LogP contribution in [0.5, 0.6) is 0 Å². The number of anilines is 2. The number of hydrogen-bond donors (Lipinski definition) is 0. The van der Waals surface area contributed by atoms with Crippen molar-refractivity contribution in [3.63, 3.8) is 0 Å². The maximum absolute atomic E-state index is 14.3. The van der Waals surface area contributed by atoms with E-state index in [0.29, 0.717) is 5.69 Å². The zero-order valence-electron chi connectivity index (χ0n) is 13.1. The maximum Gasteiger partial charge on any atom is 0.143 e. The Morgan fingerprint density at radius 2 is 1.76 bits per heavy atom. The Morgan fingerprint density at radius 3 is 2.56 bits per heavy atom. The fourth-order valence-electron chi connectivity index (χ4n) is 3.29. The van der Waals surface area contributed by atoms with E-state index in [1.54, 1.807) is 6.07 Å². The highest BCUT2D eigenvalue weighted by atomic mass is 19.1. The van der Waals surface area contributed by atoms with Crippen molar-refractivity contribution in [2.24, 2.45) is 0 Å². The minimum Gasteiger partial charge on any atom is -0.329 e. The third kappa shape index (κ3) is 2.33. The zero-order valence-corrected chi connectivity index (χ0v) is 13.1. The Hall–Kier alpha value is -3.63. The quantitative estimate of drug-likeness (QED) is 0.770. The number of benzene rings is 2. The fourth-order valence-corrected chi connectivity index (χ4v) is 3.29. The smallest absolute Gasteiger partial charge is 0.143 e. The van der Waals surface area contributed by atoms with Crippen molar-refractivity contribution in [3.05, 3.63) is 89.3 Å². The molecule has 3 nitrogen and oxygen atoms in total. The van der Waals surface area contributed by atoms with Gasteiger partial charge in [-0.2, -0.15) is 10.5 Å². The van der Waals surface area contributed by atoms with Crippen molar-refractivity contribution in [2.75, 3.05) is 4.90 Å². The lowest BCUT2D eigenvalue weighted by Crippen LogP contribution is -2.31. The van der Waals surface area contributed by atoms with Crippen LogP contribution < -0.4 is 4.90 Å². The summed E-state index contributed by atoms with van der Waals surface area (Å²) in [6, 6.07) is 14.2. The molecule has 2 aromatic rings. The SMILES string of the molecule is N#Cc1cc(C#N)c(N2c3ccccc3C3=CC2C=CC=C3)cc1F. The number of para-hydroxylation sites is 1. The summed E-state index contributed by atoms with van der Waals surface area (Å²) in [4.78, 5) is 1.94. The Morgan fingerprint density at radius 1 is 0.960 bits per heavy atom. The number of hydrogen-bond acceptors (Lipinski definition) is 3. The van der Waals surface area contributed by atoms with Crippen molar-refractivity contribution < 1.29 is 4.39 Å². The fraction of sp³-hybridized carbons (Fsp3) is 0.0476. The van der Waals surface area contributed by atoms with E-state index < -0.39 is 5.82 Å². The average molecular weight is 325 g/mol. The number of halogens is 1. The first-order valence-electron chi connectivity index (χ1n) is 7.82. The molecule has 0 saturated heterocycles. The van der Waals surface area contributed by atoms with Gasteiger partial charge >= 0.3 is 0 Å². The molecule has 0 N–H and O–H groups in total. The van der Waals surface area contributed by atoms with Gasteiger partial charge in [-0.1, -0.05) is 42.5 Å². The third-order valence-electron chi connectivity index (χ3n) is 4.40. The standard InChI is InChI=1S/C21H12FN3/c22-19-11-21(16(13-24)9-15(19)12-23)25-17-6-2-1-5-14(10-17)18-7-3-4-8-20(18)25/h1-11,17H. The van der Waals surface area contributed by atoms with Crippen LogP contribution >= 0.6 is 0 Å². The number of rotatable bonds is 1. The third-order valence-corrected chi connectivity index (χ3v) is 4.40. The summed E-state index contributed by atoms with van der Waals surface area (Å²) in [5.74, 6) is -0.625. The predicted molar refractivity (Wildman–Crippen MR) is 94.5 cm³/mol. The molecule has 0 spiro atoms. The predicted octanol–water partition coefficient (Wildman–Crippen LogP) is 4.60. The summed E-state index contributed by atoms with van der Waals surface area (Å²) < 4.78 is 14.3. The highest BCUT2D eigenvalue weighted by Gasteiger charge is 2.28. The average Bonchev–Trinajstić information content (AvgIpc) is 2.85. The first-order valence-corrected chi connectivity index (χ1v) is 7.82. The lowest BCUT2D eigenvalue weighted by molar-refractivity contribution is 0.623. The molecule has 25 heavy (non-hydrogen) atoms. The van der Waals surface area contributed by atoms with E-state index in [1.807, 2.05) is 53.5 Å². The minimum absolute atomic E-state index is 0.125. The van der Waals surface area contributed by atoms with Crippen LogP contribution in [-0.4, -0.2) is 6.04 Å².